The maximum Gasteiger partial charge on any atom is 0.214 e. The fraction of sp³-hybridized carbons (Fsp3) is 0.182. The van der Waals surface area contributed by atoms with Gasteiger partial charge >= 0.3 is 0 Å². The highest BCUT2D eigenvalue weighted by atomic mass is 32.2. The highest BCUT2D eigenvalue weighted by Gasteiger charge is 2.20. The molecule has 6 heteroatoms. The lowest BCUT2D eigenvalue weighted by molar-refractivity contribution is 0.349. The molecule has 90 valence electrons. The summed E-state index contributed by atoms with van der Waals surface area (Å²) < 4.78 is 40.7. The van der Waals surface area contributed by atoms with Gasteiger partial charge in [0.25, 0.3) is 0 Å². The molecule has 0 aromatic heterocycles. The normalized spacial score (nSPS) is 17.5. The minimum absolute atomic E-state index is 0.0000231. The van der Waals surface area contributed by atoms with Gasteiger partial charge in [0.2, 0.25) is 9.84 Å². The van der Waals surface area contributed by atoms with Crippen LogP contribution >= 0.6 is 0 Å². The lowest BCUT2D eigenvalue weighted by Crippen LogP contribution is -2.01. The van der Waals surface area contributed by atoms with Crippen LogP contribution in [0.1, 0.15) is 6.92 Å². The zero-order valence-electron chi connectivity index (χ0n) is 9.05. The van der Waals surface area contributed by atoms with E-state index in [0.29, 0.717) is 11.4 Å². The average molecular weight is 255 g/mol. The fourth-order valence-corrected chi connectivity index (χ4v) is 2.23. The number of aliphatic imine (C=N–C) groups is 1. The third-order valence-electron chi connectivity index (χ3n) is 2.19. The van der Waals surface area contributed by atoms with Gasteiger partial charge in [-0.3, -0.25) is 0 Å². The maximum absolute atomic E-state index is 12.8. The maximum atomic E-state index is 12.8. The summed E-state index contributed by atoms with van der Waals surface area (Å²) in [4.78, 5) is 3.85. The molecule has 0 amide bonds. The van der Waals surface area contributed by atoms with Crippen molar-refractivity contribution in [2.75, 3.05) is 6.61 Å². The SMILES string of the molecule is CC1=NC(COc2cccc(F)c2)=CS1(=O)=O. The van der Waals surface area contributed by atoms with Crippen LogP contribution in [-0.4, -0.2) is 20.1 Å². The van der Waals surface area contributed by atoms with Crippen LogP contribution in [0.2, 0.25) is 0 Å². The molecular weight excluding hydrogens is 245 g/mol. The monoisotopic (exact) mass is 255 g/mol. The van der Waals surface area contributed by atoms with Crippen molar-refractivity contribution >= 4 is 14.9 Å². The highest BCUT2D eigenvalue weighted by molar-refractivity contribution is 8.09. The second-order valence-electron chi connectivity index (χ2n) is 3.53. The third kappa shape index (κ3) is 2.71. The van der Waals surface area contributed by atoms with Gasteiger partial charge in [-0.1, -0.05) is 6.07 Å². The molecule has 17 heavy (non-hydrogen) atoms. The van der Waals surface area contributed by atoms with Crippen LogP contribution in [0, 0.1) is 5.82 Å². The number of hydrogen-bond acceptors (Lipinski definition) is 4. The Kier molecular flexibility index (Phi) is 2.97. The van der Waals surface area contributed by atoms with Crippen LogP contribution in [0.15, 0.2) is 40.4 Å². The Morgan fingerprint density at radius 2 is 2.18 bits per heavy atom. The lowest BCUT2D eigenvalue weighted by atomic mass is 10.3. The van der Waals surface area contributed by atoms with E-state index >= 15 is 0 Å². The van der Waals surface area contributed by atoms with E-state index in [1.807, 2.05) is 0 Å². The quantitative estimate of drug-likeness (QED) is 0.828. The molecular formula is C11H10FNO3S. The van der Waals surface area contributed by atoms with Gasteiger partial charge in [-0.2, -0.15) is 0 Å². The molecule has 0 atom stereocenters. The van der Waals surface area contributed by atoms with Crippen molar-refractivity contribution in [3.05, 3.63) is 41.2 Å². The Morgan fingerprint density at radius 3 is 2.76 bits per heavy atom. The number of nitrogens with zero attached hydrogens (tertiary/aromatic N) is 1. The molecule has 0 radical (unpaired) electrons. The summed E-state index contributed by atoms with van der Waals surface area (Å²) in [5.74, 6) is -0.0711. The summed E-state index contributed by atoms with van der Waals surface area (Å²) in [7, 11) is -3.35. The molecule has 0 bridgehead atoms. The van der Waals surface area contributed by atoms with Gasteiger partial charge in [-0.15, -0.1) is 0 Å². The molecule has 1 aliphatic heterocycles. The van der Waals surface area contributed by atoms with Gasteiger partial charge in [-0.05, 0) is 19.1 Å². The third-order valence-corrected chi connectivity index (χ3v) is 3.68. The van der Waals surface area contributed by atoms with Crippen molar-refractivity contribution in [1.29, 1.82) is 0 Å². The van der Waals surface area contributed by atoms with Crippen LogP contribution in [0.5, 0.6) is 5.75 Å². The molecule has 0 aliphatic carbocycles. The van der Waals surface area contributed by atoms with Crippen molar-refractivity contribution in [1.82, 2.24) is 0 Å². The van der Waals surface area contributed by atoms with Gasteiger partial charge < -0.3 is 4.74 Å². The predicted molar refractivity (Wildman–Crippen MR) is 62.0 cm³/mol. The molecule has 0 unspecified atom stereocenters. The van der Waals surface area contributed by atoms with Crippen molar-refractivity contribution in [2.24, 2.45) is 4.99 Å². The number of sulfone groups is 1. The summed E-state index contributed by atoms with van der Waals surface area (Å²) in [6.45, 7) is 1.42. The first kappa shape index (κ1) is 11.8. The van der Waals surface area contributed by atoms with Crippen LogP contribution in [0.4, 0.5) is 4.39 Å². The minimum atomic E-state index is -3.35. The standard InChI is InChI=1S/C11H10FNO3S/c1-8-13-10(7-17(8,14)15)6-16-11-4-2-3-9(12)5-11/h2-5,7H,6H2,1H3. The molecule has 0 N–H and O–H groups in total. The number of halogens is 1. The first-order valence-corrected chi connectivity index (χ1v) is 6.41. The molecule has 0 saturated carbocycles. The smallest absolute Gasteiger partial charge is 0.214 e. The predicted octanol–water partition coefficient (Wildman–Crippen LogP) is 1.89. The van der Waals surface area contributed by atoms with E-state index in [0.717, 1.165) is 5.41 Å². The van der Waals surface area contributed by atoms with E-state index in [4.69, 9.17) is 4.74 Å². The Hall–Kier alpha value is -1.69. The van der Waals surface area contributed by atoms with E-state index in [-0.39, 0.29) is 11.7 Å². The Balaban J connectivity index is 2.06. The highest BCUT2D eigenvalue weighted by Crippen LogP contribution is 2.17. The average Bonchev–Trinajstić information content (AvgIpc) is 2.50. The summed E-state index contributed by atoms with van der Waals surface area (Å²) in [6, 6.07) is 5.62. The summed E-state index contributed by atoms with van der Waals surface area (Å²) in [5, 5.41) is 1.11. The molecule has 2 rings (SSSR count). The van der Waals surface area contributed by atoms with E-state index < -0.39 is 15.7 Å². The number of ether oxygens (including phenoxy) is 1. The number of hydrogen-bond donors (Lipinski definition) is 0. The molecule has 1 aromatic rings. The number of rotatable bonds is 3. The molecule has 4 nitrogen and oxygen atoms in total. The lowest BCUT2D eigenvalue weighted by Gasteiger charge is -2.04. The fourth-order valence-electron chi connectivity index (χ4n) is 1.34. The van der Waals surface area contributed by atoms with Crippen LogP contribution in [0.3, 0.4) is 0 Å². The van der Waals surface area contributed by atoms with Crippen LogP contribution < -0.4 is 4.74 Å². The first-order chi connectivity index (χ1) is 7.97. The van der Waals surface area contributed by atoms with Gasteiger partial charge in [0.1, 0.15) is 23.2 Å². The molecule has 0 spiro atoms. The topological polar surface area (TPSA) is 55.7 Å². The van der Waals surface area contributed by atoms with E-state index in [9.17, 15) is 12.8 Å². The van der Waals surface area contributed by atoms with Crippen molar-refractivity contribution in [3.63, 3.8) is 0 Å². The minimum Gasteiger partial charge on any atom is -0.487 e. The second kappa shape index (κ2) is 4.29. The second-order valence-corrected chi connectivity index (χ2v) is 5.45. The van der Waals surface area contributed by atoms with Gasteiger partial charge in [0, 0.05) is 6.07 Å². The number of benzene rings is 1. The zero-order valence-corrected chi connectivity index (χ0v) is 9.87. The van der Waals surface area contributed by atoms with E-state index in [1.165, 1.54) is 25.1 Å². The Morgan fingerprint density at radius 1 is 1.41 bits per heavy atom. The first-order valence-electron chi connectivity index (χ1n) is 4.87. The molecule has 0 fully saturated rings. The zero-order chi connectivity index (χ0) is 12.5. The van der Waals surface area contributed by atoms with Crippen LogP contribution in [-0.2, 0) is 9.84 Å². The van der Waals surface area contributed by atoms with Crippen molar-refractivity contribution in [2.45, 2.75) is 6.92 Å². The van der Waals surface area contributed by atoms with Gasteiger partial charge in [-0.25, -0.2) is 17.8 Å². The van der Waals surface area contributed by atoms with E-state index in [1.54, 1.807) is 6.07 Å². The molecule has 1 heterocycles. The van der Waals surface area contributed by atoms with Crippen LogP contribution in [0.25, 0.3) is 0 Å². The van der Waals surface area contributed by atoms with Gasteiger partial charge in [0.15, 0.2) is 0 Å². The Bertz CT molecular complexity index is 605. The van der Waals surface area contributed by atoms with Crippen molar-refractivity contribution < 1.29 is 17.5 Å². The summed E-state index contributed by atoms with van der Waals surface area (Å²) >= 11 is 0. The largest absolute Gasteiger partial charge is 0.487 e. The Labute approximate surface area is 98.4 Å². The van der Waals surface area contributed by atoms with E-state index in [2.05, 4.69) is 4.99 Å². The molecule has 1 aliphatic rings. The van der Waals surface area contributed by atoms with Crippen molar-refractivity contribution in [3.8, 4) is 5.75 Å². The molecule has 1 aromatic carbocycles. The summed E-state index contributed by atoms with van der Waals surface area (Å²) in [6.07, 6.45) is 0. The summed E-state index contributed by atoms with van der Waals surface area (Å²) in [5.41, 5.74) is 0.312. The van der Waals surface area contributed by atoms with Gasteiger partial charge in [0.05, 0.1) is 11.1 Å². The molecule has 0 saturated heterocycles.